The van der Waals surface area contributed by atoms with E-state index >= 15 is 0 Å². The van der Waals surface area contributed by atoms with E-state index < -0.39 is 58.9 Å². The number of nitrogens with zero attached hydrogens (tertiary/aromatic N) is 1. The fourth-order valence-corrected chi connectivity index (χ4v) is 6.52. The number of nitrogens with one attached hydrogen (secondary N) is 5. The first kappa shape index (κ1) is 34.6. The topological polar surface area (TPSA) is 169 Å². The van der Waals surface area contributed by atoms with E-state index in [0.717, 1.165) is 12.8 Å². The maximum atomic E-state index is 14.1. The van der Waals surface area contributed by atoms with Crippen LogP contribution >= 0.6 is 0 Å². The third kappa shape index (κ3) is 8.19. The van der Waals surface area contributed by atoms with Crippen LogP contribution in [0.15, 0.2) is 0 Å². The molecule has 0 aromatic heterocycles. The molecule has 12 heteroatoms. The molecule has 0 aromatic rings. The van der Waals surface area contributed by atoms with Crippen LogP contribution in [-0.4, -0.2) is 89.1 Å². The summed E-state index contributed by atoms with van der Waals surface area (Å²) in [6, 6.07) is -3.24. The lowest BCUT2D eigenvalue weighted by molar-refractivity contribution is -0.145. The third-order valence-electron chi connectivity index (χ3n) is 9.15. The van der Waals surface area contributed by atoms with Crippen LogP contribution in [0.5, 0.6) is 0 Å². The normalized spacial score (nSPS) is 26.5. The Morgan fingerprint density at radius 3 is 2.28 bits per heavy atom. The van der Waals surface area contributed by atoms with E-state index in [0.29, 0.717) is 26.1 Å². The van der Waals surface area contributed by atoms with Gasteiger partial charge in [0.15, 0.2) is 6.10 Å². The third-order valence-corrected chi connectivity index (χ3v) is 9.15. The van der Waals surface area contributed by atoms with Crippen LogP contribution in [0, 0.1) is 28.6 Å². The largest absolute Gasteiger partial charge is 0.381 e. The molecule has 3 fully saturated rings. The van der Waals surface area contributed by atoms with Crippen LogP contribution in [0.25, 0.3) is 0 Å². The molecule has 6 N–H and O–H groups in total. The molecule has 1 aliphatic carbocycles. The Morgan fingerprint density at radius 2 is 1.74 bits per heavy atom. The molecule has 0 unspecified atom stereocenters. The quantitative estimate of drug-likeness (QED) is 0.194. The summed E-state index contributed by atoms with van der Waals surface area (Å²) in [4.78, 5) is 67.8. The molecule has 0 bridgehead atoms. The average molecular weight is 607 g/mol. The highest BCUT2D eigenvalue weighted by atomic mass is 16.3. The number of hydrogen-bond acceptors (Lipinski definition) is 6. The van der Waals surface area contributed by atoms with Crippen molar-refractivity contribution in [3.63, 3.8) is 0 Å². The van der Waals surface area contributed by atoms with Crippen molar-refractivity contribution in [3.05, 3.63) is 0 Å². The smallest absolute Gasteiger partial charge is 0.315 e. The molecule has 12 nitrogen and oxygen atoms in total. The summed E-state index contributed by atoms with van der Waals surface area (Å²) < 4.78 is 0. The Hall–Kier alpha value is -2.89. The zero-order valence-electron chi connectivity index (χ0n) is 27.4. The predicted octanol–water partition coefficient (Wildman–Crippen LogP) is 1.27. The molecule has 0 spiro atoms. The second-order valence-corrected chi connectivity index (χ2v) is 15.3. The van der Waals surface area contributed by atoms with E-state index in [1.165, 1.54) is 0 Å². The molecule has 1 saturated carbocycles. The van der Waals surface area contributed by atoms with E-state index in [4.69, 9.17) is 0 Å². The van der Waals surface area contributed by atoms with Gasteiger partial charge in [0.2, 0.25) is 17.7 Å². The molecular weight excluding hydrogens is 552 g/mol. The van der Waals surface area contributed by atoms with E-state index in [9.17, 15) is 29.1 Å². The second kappa shape index (κ2) is 13.0. The van der Waals surface area contributed by atoms with E-state index in [2.05, 4.69) is 40.4 Å². The number of fused-ring (bicyclic) bond motifs is 1. The Morgan fingerprint density at radius 1 is 1.09 bits per heavy atom. The van der Waals surface area contributed by atoms with Gasteiger partial charge in [-0.05, 0) is 62.7 Å². The summed E-state index contributed by atoms with van der Waals surface area (Å²) >= 11 is 0. The fourth-order valence-electron chi connectivity index (χ4n) is 6.52. The van der Waals surface area contributed by atoms with Crippen LogP contribution in [0.4, 0.5) is 4.79 Å². The van der Waals surface area contributed by atoms with Gasteiger partial charge < -0.3 is 36.6 Å². The van der Waals surface area contributed by atoms with Gasteiger partial charge in [0.25, 0.3) is 5.91 Å². The number of aliphatic hydroxyl groups excluding tert-OH is 1. The van der Waals surface area contributed by atoms with Crippen LogP contribution in [0.1, 0.15) is 88.0 Å². The number of likely N-dealkylation sites (tertiary alicyclic amines) is 1. The number of carbonyl (C=O) groups excluding carboxylic acids is 5. The van der Waals surface area contributed by atoms with E-state index in [1.54, 1.807) is 4.90 Å². The van der Waals surface area contributed by atoms with Gasteiger partial charge in [0.1, 0.15) is 12.1 Å². The van der Waals surface area contributed by atoms with E-state index in [1.807, 2.05) is 48.5 Å². The molecule has 3 aliphatic rings. The van der Waals surface area contributed by atoms with Crippen molar-refractivity contribution in [1.29, 1.82) is 0 Å². The highest BCUT2D eigenvalue weighted by Gasteiger charge is 2.70. The average Bonchev–Trinajstić information content (AvgIpc) is 3.23. The number of carbonyl (C=O) groups is 5. The minimum absolute atomic E-state index is 0.0945. The minimum Gasteiger partial charge on any atom is -0.381 e. The van der Waals surface area contributed by atoms with Crippen molar-refractivity contribution in [2.24, 2.45) is 28.6 Å². The molecule has 244 valence electrons. The fraction of sp³-hybridized carbons (Fsp3) is 0.839. The van der Waals surface area contributed by atoms with Crippen molar-refractivity contribution in [2.75, 3.05) is 19.6 Å². The number of piperidine rings is 1. The van der Waals surface area contributed by atoms with Crippen molar-refractivity contribution < 1.29 is 29.1 Å². The lowest BCUT2D eigenvalue weighted by Gasteiger charge is -2.38. The molecule has 7 atom stereocenters. The first-order chi connectivity index (χ1) is 19.8. The molecule has 3 rings (SSSR count). The number of urea groups is 1. The van der Waals surface area contributed by atoms with Gasteiger partial charge in [-0.3, -0.25) is 19.2 Å². The highest BCUT2D eigenvalue weighted by Crippen LogP contribution is 2.65. The Kier molecular flexibility index (Phi) is 10.5. The molecule has 0 aromatic carbocycles. The summed E-state index contributed by atoms with van der Waals surface area (Å²) in [5.41, 5.74) is -1.34. The van der Waals surface area contributed by atoms with Crippen LogP contribution in [-0.2, 0) is 19.2 Å². The number of amides is 6. The van der Waals surface area contributed by atoms with Crippen molar-refractivity contribution in [3.8, 4) is 0 Å². The van der Waals surface area contributed by atoms with Gasteiger partial charge >= 0.3 is 6.03 Å². The van der Waals surface area contributed by atoms with Crippen LogP contribution < -0.4 is 26.6 Å². The maximum absolute atomic E-state index is 14.1. The van der Waals surface area contributed by atoms with Gasteiger partial charge in [0, 0.05) is 31.1 Å². The summed E-state index contributed by atoms with van der Waals surface area (Å²) in [5.74, 6) is -2.09. The van der Waals surface area contributed by atoms with Crippen LogP contribution in [0.3, 0.4) is 0 Å². The number of hydrogen-bond donors (Lipinski definition) is 6. The number of aliphatic hydroxyl groups is 1. The Labute approximate surface area is 256 Å². The lowest BCUT2D eigenvalue weighted by atomic mass is 9.85. The molecule has 43 heavy (non-hydrogen) atoms. The first-order valence-corrected chi connectivity index (χ1v) is 15.7. The zero-order chi connectivity index (χ0) is 32.5. The summed E-state index contributed by atoms with van der Waals surface area (Å²) in [6.45, 7) is 18.5. The minimum atomic E-state index is -1.56. The molecule has 2 aliphatic heterocycles. The number of rotatable bonds is 11. The van der Waals surface area contributed by atoms with Gasteiger partial charge in [-0.25, -0.2) is 4.79 Å². The SMILES string of the molecule is CCCCNC(=O)[C@H](O)[C@H](C[C@@H]1CCNC1=O)NC(=O)[C@@H]1[C@@H]2[C@H](CN1C(=O)[C@@H](NC(=O)NC(C)(C)C)C(C)(C)C)C2(C)C. The molecule has 2 saturated heterocycles. The molecule has 6 amide bonds. The van der Waals surface area contributed by atoms with Gasteiger partial charge in [-0.1, -0.05) is 48.0 Å². The zero-order valence-corrected chi connectivity index (χ0v) is 27.4. The van der Waals surface area contributed by atoms with Crippen molar-refractivity contribution >= 4 is 29.7 Å². The molecular formula is C31H54N6O6. The highest BCUT2D eigenvalue weighted by molar-refractivity contribution is 5.94. The predicted molar refractivity (Wildman–Crippen MR) is 163 cm³/mol. The van der Waals surface area contributed by atoms with Crippen LogP contribution in [0.2, 0.25) is 0 Å². The Bertz CT molecular complexity index is 1080. The second-order valence-electron chi connectivity index (χ2n) is 15.3. The first-order valence-electron chi connectivity index (χ1n) is 15.7. The molecule has 0 radical (unpaired) electrons. The van der Waals surface area contributed by atoms with Gasteiger partial charge in [-0.15, -0.1) is 0 Å². The summed E-state index contributed by atoms with van der Waals surface area (Å²) in [5, 5.41) is 25.1. The number of unbranched alkanes of at least 4 members (excludes halogenated alkanes) is 1. The monoisotopic (exact) mass is 606 g/mol. The van der Waals surface area contributed by atoms with E-state index in [-0.39, 0.29) is 35.5 Å². The summed E-state index contributed by atoms with van der Waals surface area (Å²) in [7, 11) is 0. The maximum Gasteiger partial charge on any atom is 0.315 e. The summed E-state index contributed by atoms with van der Waals surface area (Å²) in [6.07, 6.45) is 0.681. The lowest BCUT2D eigenvalue weighted by Crippen LogP contribution is -2.62. The van der Waals surface area contributed by atoms with Gasteiger partial charge in [0.05, 0.1) is 6.04 Å². The van der Waals surface area contributed by atoms with Crippen molar-refractivity contribution in [2.45, 2.75) is 118 Å². The molecule has 2 heterocycles. The Balaban J connectivity index is 1.85. The standard InChI is InChI=1S/C31H54N6O6/c1-10-11-13-32-26(41)22(38)19(15-17-12-14-33-24(17)39)34-25(40)21-20-18(31(20,8)9)16-37(21)27(42)23(29(2,3)4)35-28(43)36-30(5,6)7/h17-23,38H,10-16H2,1-9H3,(H,32,41)(H,33,39)(H,34,40)(H2,35,36,43)/t17-,18-,19-,20-,21-,22+,23+/m0/s1. The van der Waals surface area contributed by atoms with Gasteiger partial charge in [-0.2, -0.15) is 0 Å². The van der Waals surface area contributed by atoms with Crippen molar-refractivity contribution in [1.82, 2.24) is 31.5 Å².